The van der Waals surface area contributed by atoms with E-state index in [-0.39, 0.29) is 0 Å². The summed E-state index contributed by atoms with van der Waals surface area (Å²) in [5.41, 5.74) is 0.879. The quantitative estimate of drug-likeness (QED) is 0.845. The normalized spacial score (nSPS) is 21.9. The zero-order chi connectivity index (χ0) is 17.1. The molecule has 3 heterocycles. The van der Waals surface area contributed by atoms with Gasteiger partial charge in [-0.25, -0.2) is 9.97 Å². The first kappa shape index (κ1) is 16.5. The van der Waals surface area contributed by atoms with Crippen molar-refractivity contribution >= 4 is 22.6 Å². The summed E-state index contributed by atoms with van der Waals surface area (Å²) < 4.78 is 0. The molecular weight excluding hydrogens is 314 g/mol. The SMILES string of the molecule is O=C(CNC1CCCC1)CC1CCCN(c2ncnc3[nH]ccc23)C1. The Kier molecular flexibility index (Phi) is 4.97. The number of carbonyl (C=O) groups is 1. The van der Waals surface area contributed by atoms with E-state index in [4.69, 9.17) is 0 Å². The third-order valence-electron chi connectivity index (χ3n) is 5.61. The van der Waals surface area contributed by atoms with Gasteiger partial charge in [-0.2, -0.15) is 0 Å². The van der Waals surface area contributed by atoms with Crippen LogP contribution in [0.25, 0.3) is 11.0 Å². The second kappa shape index (κ2) is 7.52. The highest BCUT2D eigenvalue weighted by atomic mass is 16.1. The van der Waals surface area contributed by atoms with Gasteiger partial charge in [0.25, 0.3) is 0 Å². The summed E-state index contributed by atoms with van der Waals surface area (Å²) in [4.78, 5) is 26.6. The van der Waals surface area contributed by atoms with E-state index in [2.05, 4.69) is 25.2 Å². The molecule has 6 nitrogen and oxygen atoms in total. The van der Waals surface area contributed by atoms with E-state index in [1.54, 1.807) is 6.33 Å². The maximum atomic E-state index is 12.4. The van der Waals surface area contributed by atoms with Crippen LogP contribution in [0.4, 0.5) is 5.82 Å². The number of H-pyrrole nitrogens is 1. The van der Waals surface area contributed by atoms with Crippen LogP contribution in [0.1, 0.15) is 44.9 Å². The van der Waals surface area contributed by atoms with Gasteiger partial charge in [-0.05, 0) is 37.7 Å². The number of anilines is 1. The minimum absolute atomic E-state index is 0.355. The first-order chi connectivity index (χ1) is 12.3. The Hall–Kier alpha value is -1.95. The number of fused-ring (bicyclic) bond motifs is 1. The lowest BCUT2D eigenvalue weighted by Crippen LogP contribution is -2.38. The largest absolute Gasteiger partial charge is 0.356 e. The van der Waals surface area contributed by atoms with E-state index >= 15 is 0 Å². The molecule has 25 heavy (non-hydrogen) atoms. The molecule has 0 spiro atoms. The van der Waals surface area contributed by atoms with Crippen molar-refractivity contribution in [3.8, 4) is 0 Å². The molecular formula is C19H27N5O. The predicted molar refractivity (Wildman–Crippen MR) is 98.7 cm³/mol. The van der Waals surface area contributed by atoms with Crippen molar-refractivity contribution in [2.24, 2.45) is 5.92 Å². The number of ketones is 1. The van der Waals surface area contributed by atoms with Crippen LogP contribution >= 0.6 is 0 Å². The number of piperidine rings is 1. The number of rotatable bonds is 6. The Morgan fingerprint density at radius 3 is 3.00 bits per heavy atom. The second-order valence-corrected chi connectivity index (χ2v) is 7.50. The third kappa shape index (κ3) is 3.84. The number of hydrogen-bond donors (Lipinski definition) is 2. The smallest absolute Gasteiger partial charge is 0.146 e. The summed E-state index contributed by atoms with van der Waals surface area (Å²) in [7, 11) is 0. The Labute approximate surface area is 148 Å². The van der Waals surface area contributed by atoms with Crippen LogP contribution in [0.3, 0.4) is 0 Å². The van der Waals surface area contributed by atoms with Gasteiger partial charge in [-0.3, -0.25) is 4.79 Å². The van der Waals surface area contributed by atoms with Gasteiger partial charge in [0.1, 0.15) is 23.6 Å². The summed E-state index contributed by atoms with van der Waals surface area (Å²) in [6, 6.07) is 2.60. The molecule has 1 atom stereocenters. The number of carbonyl (C=O) groups excluding carboxylic acids is 1. The summed E-state index contributed by atoms with van der Waals surface area (Å²) in [6.07, 6.45) is 11.5. The molecule has 1 aliphatic heterocycles. The monoisotopic (exact) mass is 341 g/mol. The molecule has 0 radical (unpaired) electrons. The fraction of sp³-hybridized carbons (Fsp3) is 0.632. The van der Waals surface area contributed by atoms with Crippen LogP contribution in [0, 0.1) is 5.92 Å². The molecule has 1 unspecified atom stereocenters. The van der Waals surface area contributed by atoms with Gasteiger partial charge in [0.15, 0.2) is 0 Å². The molecule has 134 valence electrons. The van der Waals surface area contributed by atoms with Crippen LogP contribution in [0.15, 0.2) is 18.6 Å². The molecule has 2 aliphatic rings. The highest BCUT2D eigenvalue weighted by molar-refractivity contribution is 5.87. The number of nitrogens with zero attached hydrogens (tertiary/aromatic N) is 3. The Bertz CT molecular complexity index is 721. The van der Waals surface area contributed by atoms with Gasteiger partial charge >= 0.3 is 0 Å². The van der Waals surface area contributed by atoms with Gasteiger partial charge in [0.2, 0.25) is 0 Å². The standard InChI is InChI=1S/C19H27N5O/c25-16(11-21-15-5-1-2-6-15)10-14-4-3-9-24(12-14)19-17-7-8-20-18(17)22-13-23-19/h7-8,13-15,21H,1-6,9-12H2,(H,20,22,23). The second-order valence-electron chi connectivity index (χ2n) is 7.50. The molecule has 2 aromatic rings. The summed E-state index contributed by atoms with van der Waals surface area (Å²) in [6.45, 7) is 2.45. The fourth-order valence-corrected chi connectivity index (χ4v) is 4.32. The van der Waals surface area contributed by atoms with E-state index in [1.807, 2.05) is 12.3 Å². The number of aromatic nitrogens is 3. The van der Waals surface area contributed by atoms with Gasteiger partial charge in [0.05, 0.1) is 11.9 Å². The van der Waals surface area contributed by atoms with Crippen LogP contribution in [-0.2, 0) is 4.79 Å². The molecule has 2 fully saturated rings. The molecule has 1 saturated heterocycles. The van der Waals surface area contributed by atoms with E-state index in [1.165, 1.54) is 25.7 Å². The van der Waals surface area contributed by atoms with Crippen LogP contribution in [0.5, 0.6) is 0 Å². The van der Waals surface area contributed by atoms with Crippen molar-refractivity contribution in [2.75, 3.05) is 24.5 Å². The lowest BCUT2D eigenvalue weighted by Gasteiger charge is -2.33. The number of Topliss-reactive ketones (excluding diaryl/α,β-unsaturated/α-hetero) is 1. The van der Waals surface area contributed by atoms with Gasteiger partial charge in [-0.15, -0.1) is 0 Å². The molecule has 0 aromatic carbocycles. The van der Waals surface area contributed by atoms with E-state index < -0.39 is 0 Å². The first-order valence-corrected chi connectivity index (χ1v) is 9.58. The number of nitrogens with one attached hydrogen (secondary N) is 2. The average molecular weight is 341 g/mol. The maximum absolute atomic E-state index is 12.4. The van der Waals surface area contributed by atoms with Crippen LogP contribution < -0.4 is 10.2 Å². The van der Waals surface area contributed by atoms with E-state index in [0.717, 1.165) is 42.8 Å². The van der Waals surface area contributed by atoms with Gasteiger partial charge in [0, 0.05) is 31.7 Å². The van der Waals surface area contributed by atoms with Crippen molar-refractivity contribution in [2.45, 2.75) is 51.0 Å². The Morgan fingerprint density at radius 2 is 2.12 bits per heavy atom. The van der Waals surface area contributed by atoms with E-state index in [9.17, 15) is 4.79 Å². The van der Waals surface area contributed by atoms with Crippen molar-refractivity contribution in [3.05, 3.63) is 18.6 Å². The molecule has 4 rings (SSSR count). The van der Waals surface area contributed by atoms with Crippen molar-refractivity contribution in [3.63, 3.8) is 0 Å². The van der Waals surface area contributed by atoms with Crippen molar-refractivity contribution < 1.29 is 4.79 Å². The highest BCUT2D eigenvalue weighted by Crippen LogP contribution is 2.28. The molecule has 2 N–H and O–H groups in total. The lowest BCUT2D eigenvalue weighted by atomic mass is 9.92. The number of hydrogen-bond acceptors (Lipinski definition) is 5. The molecule has 1 saturated carbocycles. The van der Waals surface area contributed by atoms with Crippen LogP contribution in [0.2, 0.25) is 0 Å². The lowest BCUT2D eigenvalue weighted by molar-refractivity contribution is -0.119. The fourth-order valence-electron chi connectivity index (χ4n) is 4.32. The van der Waals surface area contributed by atoms with E-state index in [0.29, 0.717) is 30.7 Å². The predicted octanol–water partition coefficient (Wildman–Crippen LogP) is 2.67. The zero-order valence-corrected chi connectivity index (χ0v) is 14.7. The molecule has 1 aliphatic carbocycles. The van der Waals surface area contributed by atoms with Crippen LogP contribution in [-0.4, -0.2) is 46.4 Å². The molecule has 0 amide bonds. The van der Waals surface area contributed by atoms with Gasteiger partial charge in [-0.1, -0.05) is 12.8 Å². The average Bonchev–Trinajstić information content (AvgIpc) is 3.31. The van der Waals surface area contributed by atoms with Gasteiger partial charge < -0.3 is 15.2 Å². The molecule has 0 bridgehead atoms. The summed E-state index contributed by atoms with van der Waals surface area (Å²) in [5.74, 6) is 1.77. The molecule has 2 aromatic heterocycles. The third-order valence-corrected chi connectivity index (χ3v) is 5.61. The Morgan fingerprint density at radius 1 is 1.24 bits per heavy atom. The minimum Gasteiger partial charge on any atom is -0.356 e. The minimum atomic E-state index is 0.355. The topological polar surface area (TPSA) is 73.9 Å². The zero-order valence-electron chi connectivity index (χ0n) is 14.7. The summed E-state index contributed by atoms with van der Waals surface area (Å²) >= 11 is 0. The first-order valence-electron chi connectivity index (χ1n) is 9.58. The maximum Gasteiger partial charge on any atom is 0.146 e. The summed E-state index contributed by atoms with van der Waals surface area (Å²) in [5, 5.41) is 4.51. The van der Waals surface area contributed by atoms with Crippen molar-refractivity contribution in [1.82, 2.24) is 20.3 Å². The Balaban J connectivity index is 1.34. The molecule has 6 heteroatoms. The van der Waals surface area contributed by atoms with Crippen molar-refractivity contribution in [1.29, 1.82) is 0 Å². The number of aromatic amines is 1. The highest BCUT2D eigenvalue weighted by Gasteiger charge is 2.25.